The third-order valence-electron chi connectivity index (χ3n) is 5.27. The van der Waals surface area contributed by atoms with Gasteiger partial charge in [0.25, 0.3) is 0 Å². The third-order valence-corrected chi connectivity index (χ3v) is 5.27. The van der Waals surface area contributed by atoms with E-state index < -0.39 is 0 Å². The number of unbranched alkanes of at least 4 members (excludes halogenated alkanes) is 1. The third kappa shape index (κ3) is 26.1. The summed E-state index contributed by atoms with van der Waals surface area (Å²) >= 11 is 0. The summed E-state index contributed by atoms with van der Waals surface area (Å²) in [6.45, 7) is 13.5. The molecule has 8 heteroatoms. The van der Waals surface area contributed by atoms with Crippen molar-refractivity contribution in [3.8, 4) is 0 Å². The number of aliphatic hydroxyl groups is 3. The molecule has 33 heavy (non-hydrogen) atoms. The second-order valence-corrected chi connectivity index (χ2v) is 7.81. The maximum absolute atomic E-state index is 9.41. The van der Waals surface area contributed by atoms with E-state index in [9.17, 15) is 5.11 Å². The first kappa shape index (κ1) is 42.8. The van der Waals surface area contributed by atoms with Gasteiger partial charge in [-0.2, -0.15) is 0 Å². The van der Waals surface area contributed by atoms with Gasteiger partial charge in [-0.05, 0) is 53.0 Å². The van der Waals surface area contributed by atoms with Gasteiger partial charge < -0.3 is 30.4 Å². The fraction of sp³-hybridized carbons (Fsp3) is 1.00. The van der Waals surface area contributed by atoms with E-state index in [1.165, 1.54) is 12.8 Å². The maximum Gasteiger partial charge on any atom is 0.0558 e. The number of hydrogen-bond donors (Lipinski definition) is 4. The number of aliphatic hydroxyl groups excluding tert-OH is 3. The van der Waals surface area contributed by atoms with Gasteiger partial charge in [-0.3, -0.25) is 9.80 Å². The van der Waals surface area contributed by atoms with Crippen molar-refractivity contribution in [1.82, 2.24) is 24.9 Å². The van der Waals surface area contributed by atoms with Crippen LogP contribution in [0.2, 0.25) is 0 Å². The molecular weight excluding hydrogens is 418 g/mol. The van der Waals surface area contributed by atoms with Gasteiger partial charge in [-0.15, -0.1) is 0 Å². The summed E-state index contributed by atoms with van der Waals surface area (Å²) in [5, 5.41) is 30.9. The van der Waals surface area contributed by atoms with Crippen molar-refractivity contribution in [2.45, 2.75) is 55.9 Å². The Kier molecular flexibility index (Phi) is 41.1. The Morgan fingerprint density at radius 2 is 0.939 bits per heavy atom. The fourth-order valence-electron chi connectivity index (χ4n) is 3.42. The average Bonchev–Trinajstić information content (AvgIpc) is 2.71. The van der Waals surface area contributed by atoms with Crippen LogP contribution in [0.15, 0.2) is 0 Å². The minimum atomic E-state index is 0. The van der Waals surface area contributed by atoms with E-state index in [1.54, 1.807) is 0 Å². The number of likely N-dealkylation sites (N-methyl/N-ethyl adjacent to an activating group) is 1. The van der Waals surface area contributed by atoms with Gasteiger partial charge in [0.05, 0.1) is 19.8 Å². The SMILES string of the molecule is C.C.C.C.CCCN(CCN(C)CCCCNC)CCN(CCO)CCN(CCO)CCO. The Labute approximate surface area is 208 Å². The Balaban J connectivity index is -0.000000653. The van der Waals surface area contributed by atoms with E-state index in [4.69, 9.17) is 10.2 Å². The van der Waals surface area contributed by atoms with E-state index in [1.807, 2.05) is 7.05 Å². The molecule has 4 N–H and O–H groups in total. The molecule has 0 saturated heterocycles. The molecule has 0 radical (unpaired) electrons. The zero-order valence-electron chi connectivity index (χ0n) is 19.4. The average molecular weight is 484 g/mol. The lowest BCUT2D eigenvalue weighted by molar-refractivity contribution is 0.123. The van der Waals surface area contributed by atoms with Gasteiger partial charge in [0.15, 0.2) is 0 Å². The van der Waals surface area contributed by atoms with Crippen LogP contribution in [0.4, 0.5) is 0 Å². The zero-order chi connectivity index (χ0) is 21.7. The number of nitrogens with one attached hydrogen (secondary N) is 1. The van der Waals surface area contributed by atoms with Gasteiger partial charge in [-0.1, -0.05) is 36.6 Å². The molecular formula is C25H65N5O3. The molecule has 0 aliphatic carbocycles. The molecule has 0 aromatic carbocycles. The summed E-state index contributed by atoms with van der Waals surface area (Å²) in [6, 6.07) is 0. The minimum Gasteiger partial charge on any atom is -0.395 e. The molecule has 0 aromatic heterocycles. The Morgan fingerprint density at radius 1 is 0.545 bits per heavy atom. The Hall–Kier alpha value is -0.320. The molecule has 208 valence electrons. The van der Waals surface area contributed by atoms with Gasteiger partial charge in [0.2, 0.25) is 0 Å². The second-order valence-electron chi connectivity index (χ2n) is 7.81. The van der Waals surface area contributed by atoms with Crippen molar-refractivity contribution >= 4 is 0 Å². The maximum atomic E-state index is 9.41. The van der Waals surface area contributed by atoms with E-state index in [0.717, 1.165) is 65.3 Å². The van der Waals surface area contributed by atoms with E-state index in [0.29, 0.717) is 19.6 Å². The van der Waals surface area contributed by atoms with Crippen LogP contribution in [0.1, 0.15) is 55.9 Å². The minimum absolute atomic E-state index is 0. The fourth-order valence-corrected chi connectivity index (χ4v) is 3.42. The topological polar surface area (TPSA) is 85.7 Å². The quantitative estimate of drug-likeness (QED) is 0.173. The summed E-state index contributed by atoms with van der Waals surface area (Å²) in [7, 11) is 4.21. The molecule has 0 amide bonds. The largest absolute Gasteiger partial charge is 0.395 e. The van der Waals surface area contributed by atoms with Crippen molar-refractivity contribution in [3.05, 3.63) is 0 Å². The summed E-state index contributed by atoms with van der Waals surface area (Å²) in [4.78, 5) is 9.29. The van der Waals surface area contributed by atoms with Crippen molar-refractivity contribution in [1.29, 1.82) is 0 Å². The first-order valence-corrected chi connectivity index (χ1v) is 11.4. The monoisotopic (exact) mass is 484 g/mol. The standard InChI is InChI=1S/C21H49N5O3.4CH4/c1-4-8-24(11-10-23(3)9-6-5-7-22-2)12-13-25(16-19-27)14-15-26(17-20-28)18-21-29;;;;/h22,27-29H,4-21H2,1-3H3;4*1H4. The van der Waals surface area contributed by atoms with Crippen LogP contribution in [0.25, 0.3) is 0 Å². The molecule has 0 atom stereocenters. The van der Waals surface area contributed by atoms with Gasteiger partial charge >= 0.3 is 0 Å². The van der Waals surface area contributed by atoms with Gasteiger partial charge in [-0.25, -0.2) is 0 Å². The molecule has 0 spiro atoms. The van der Waals surface area contributed by atoms with Crippen molar-refractivity contribution in [2.24, 2.45) is 0 Å². The predicted octanol–water partition coefficient (Wildman–Crippen LogP) is 1.76. The van der Waals surface area contributed by atoms with Crippen LogP contribution in [-0.4, -0.2) is 147 Å². The molecule has 0 aromatic rings. The molecule has 0 rings (SSSR count). The van der Waals surface area contributed by atoms with Crippen LogP contribution in [-0.2, 0) is 0 Å². The second kappa shape index (κ2) is 31.7. The highest BCUT2D eigenvalue weighted by Crippen LogP contribution is 1.99. The van der Waals surface area contributed by atoms with Crippen LogP contribution >= 0.6 is 0 Å². The highest BCUT2D eigenvalue weighted by molar-refractivity contribution is 4.68. The molecule has 0 bridgehead atoms. The first-order valence-electron chi connectivity index (χ1n) is 11.4. The molecule has 0 saturated carbocycles. The van der Waals surface area contributed by atoms with E-state index in [2.05, 4.69) is 38.9 Å². The number of rotatable bonds is 22. The van der Waals surface area contributed by atoms with Crippen molar-refractivity contribution in [3.63, 3.8) is 0 Å². The van der Waals surface area contributed by atoms with Crippen molar-refractivity contribution in [2.75, 3.05) is 112 Å². The Bertz CT molecular complexity index is 335. The normalized spacial score (nSPS) is 10.7. The zero-order valence-corrected chi connectivity index (χ0v) is 19.4. The van der Waals surface area contributed by atoms with Crippen LogP contribution in [0.3, 0.4) is 0 Å². The number of nitrogens with zero attached hydrogens (tertiary/aromatic N) is 4. The van der Waals surface area contributed by atoms with Crippen LogP contribution in [0.5, 0.6) is 0 Å². The molecule has 0 aliphatic heterocycles. The lowest BCUT2D eigenvalue weighted by Gasteiger charge is -2.30. The van der Waals surface area contributed by atoms with Crippen LogP contribution in [0, 0.1) is 0 Å². The van der Waals surface area contributed by atoms with E-state index in [-0.39, 0.29) is 49.5 Å². The first-order chi connectivity index (χ1) is 14.1. The van der Waals surface area contributed by atoms with E-state index >= 15 is 0 Å². The molecule has 0 heterocycles. The summed E-state index contributed by atoms with van der Waals surface area (Å²) in [6.07, 6.45) is 3.60. The molecule has 0 aliphatic rings. The molecule has 0 unspecified atom stereocenters. The predicted molar refractivity (Wildman–Crippen MR) is 148 cm³/mol. The smallest absolute Gasteiger partial charge is 0.0558 e. The van der Waals surface area contributed by atoms with Gasteiger partial charge in [0, 0.05) is 58.9 Å². The summed E-state index contributed by atoms with van der Waals surface area (Å²) in [5.74, 6) is 0. The van der Waals surface area contributed by atoms with Gasteiger partial charge in [0.1, 0.15) is 0 Å². The molecule has 8 nitrogen and oxygen atoms in total. The van der Waals surface area contributed by atoms with Crippen LogP contribution < -0.4 is 5.32 Å². The summed E-state index contributed by atoms with van der Waals surface area (Å²) in [5.41, 5.74) is 0. The highest BCUT2D eigenvalue weighted by atomic mass is 16.3. The summed E-state index contributed by atoms with van der Waals surface area (Å²) < 4.78 is 0. The lowest BCUT2D eigenvalue weighted by atomic mass is 10.3. The van der Waals surface area contributed by atoms with Crippen molar-refractivity contribution < 1.29 is 15.3 Å². The number of hydrogen-bond acceptors (Lipinski definition) is 8. The lowest BCUT2D eigenvalue weighted by Crippen LogP contribution is -2.43. The molecule has 0 fully saturated rings. The Morgan fingerprint density at radius 3 is 1.33 bits per heavy atom. The highest BCUT2D eigenvalue weighted by Gasteiger charge is 2.12.